The fourth-order valence-electron chi connectivity index (χ4n) is 0. The molecule has 11 heavy (non-hydrogen) atoms. The van der Waals surface area contributed by atoms with E-state index in [4.69, 9.17) is 19.8 Å². The van der Waals surface area contributed by atoms with Crippen molar-refractivity contribution in [3.05, 3.63) is 12.7 Å². The first-order chi connectivity index (χ1) is 4.88. The summed E-state index contributed by atoms with van der Waals surface area (Å²) in [6, 6.07) is 0. The Bertz CT molecular complexity index is 97.6. The van der Waals surface area contributed by atoms with Crippen molar-refractivity contribution in [3.8, 4) is 0 Å². The van der Waals surface area contributed by atoms with Crippen LogP contribution in [0.4, 0.5) is 0 Å². The van der Waals surface area contributed by atoms with Crippen LogP contribution < -0.4 is 0 Å². The normalized spacial score (nSPS) is 5.73. The highest BCUT2D eigenvalue weighted by Crippen LogP contribution is 1.42. The van der Waals surface area contributed by atoms with Crippen LogP contribution in [0, 0.1) is 0 Å². The molecule has 0 rings (SSSR count). The lowest BCUT2D eigenvalue weighted by atomic mass is 10.8. The number of carboxylic acid groups (broad SMARTS) is 2. The fraction of sp³-hybridized carbons (Fsp3) is 0.429. The average molecular weight is 162 g/mol. The minimum atomic E-state index is -0.833. The van der Waals surface area contributed by atoms with E-state index in [1.54, 1.807) is 6.08 Å². The molecule has 0 aliphatic heterocycles. The monoisotopic (exact) mass is 162 g/mol. The van der Waals surface area contributed by atoms with Gasteiger partial charge in [-0.15, -0.1) is 6.58 Å². The molecule has 0 unspecified atom stereocenters. The minimum Gasteiger partial charge on any atom is -0.481 e. The quantitative estimate of drug-likeness (QED) is 0.527. The molecule has 0 aromatic rings. The number of allylic oxidation sites excluding steroid dienone is 1. The van der Waals surface area contributed by atoms with Crippen LogP contribution in [0.5, 0.6) is 0 Å². The van der Waals surface area contributed by atoms with Gasteiger partial charge in [0.2, 0.25) is 0 Å². The Balaban J connectivity index is -0.0000000886. The highest BCUT2D eigenvalue weighted by Gasteiger charge is 1.65. The van der Waals surface area contributed by atoms with Crippen molar-refractivity contribution in [2.24, 2.45) is 0 Å². The average Bonchev–Trinajstić information content (AvgIpc) is 1.60. The molecule has 4 nitrogen and oxygen atoms in total. The van der Waals surface area contributed by atoms with Gasteiger partial charge in [-0.3, -0.25) is 9.59 Å². The third-order valence-electron chi connectivity index (χ3n) is 0. The summed E-state index contributed by atoms with van der Waals surface area (Å²) >= 11 is 0. The molecular weight excluding hydrogens is 148 g/mol. The first-order valence-electron chi connectivity index (χ1n) is 2.84. The molecule has 0 bridgehead atoms. The second-order valence-corrected chi connectivity index (χ2v) is 1.45. The van der Waals surface area contributed by atoms with Crippen LogP contribution in [-0.4, -0.2) is 22.2 Å². The van der Waals surface area contributed by atoms with Crippen LogP contribution in [0.25, 0.3) is 0 Å². The van der Waals surface area contributed by atoms with E-state index < -0.39 is 11.9 Å². The van der Waals surface area contributed by atoms with Crippen molar-refractivity contribution in [1.82, 2.24) is 0 Å². The molecule has 0 spiro atoms. The Labute approximate surface area is 66.2 Å². The van der Waals surface area contributed by atoms with Crippen LogP contribution in [0.1, 0.15) is 20.8 Å². The molecule has 0 aromatic heterocycles. The summed E-state index contributed by atoms with van der Waals surface area (Å²) < 4.78 is 0. The summed E-state index contributed by atoms with van der Waals surface area (Å²) in [7, 11) is 0. The van der Waals surface area contributed by atoms with Gasteiger partial charge in [0.25, 0.3) is 11.9 Å². The van der Waals surface area contributed by atoms with Crippen molar-refractivity contribution >= 4 is 11.9 Å². The maximum Gasteiger partial charge on any atom is 0.300 e. The van der Waals surface area contributed by atoms with Crippen LogP contribution in [0.3, 0.4) is 0 Å². The zero-order valence-corrected chi connectivity index (χ0v) is 7.00. The van der Waals surface area contributed by atoms with Gasteiger partial charge in [0, 0.05) is 13.8 Å². The summed E-state index contributed by atoms with van der Waals surface area (Å²) in [5.74, 6) is -1.67. The zero-order chi connectivity index (χ0) is 9.86. The highest BCUT2D eigenvalue weighted by molar-refractivity contribution is 5.63. The second-order valence-electron chi connectivity index (χ2n) is 1.45. The Morgan fingerprint density at radius 1 is 1.18 bits per heavy atom. The summed E-state index contributed by atoms with van der Waals surface area (Å²) in [5.41, 5.74) is 0. The van der Waals surface area contributed by atoms with E-state index in [0.29, 0.717) is 0 Å². The first-order valence-corrected chi connectivity index (χ1v) is 2.84. The van der Waals surface area contributed by atoms with E-state index in [0.717, 1.165) is 13.8 Å². The van der Waals surface area contributed by atoms with Crippen molar-refractivity contribution in [3.63, 3.8) is 0 Å². The van der Waals surface area contributed by atoms with E-state index in [9.17, 15) is 0 Å². The molecule has 0 fully saturated rings. The van der Waals surface area contributed by atoms with Crippen molar-refractivity contribution in [2.45, 2.75) is 20.8 Å². The molecule has 66 valence electrons. The van der Waals surface area contributed by atoms with Crippen LogP contribution in [-0.2, 0) is 9.59 Å². The van der Waals surface area contributed by atoms with Crippen molar-refractivity contribution < 1.29 is 19.8 Å². The number of carbonyl (C=O) groups is 2. The molecule has 0 aromatic carbocycles. The fourth-order valence-corrected chi connectivity index (χ4v) is 0. The zero-order valence-electron chi connectivity index (χ0n) is 7.00. The van der Waals surface area contributed by atoms with Crippen molar-refractivity contribution in [1.29, 1.82) is 0 Å². The Morgan fingerprint density at radius 2 is 1.18 bits per heavy atom. The Hall–Kier alpha value is -1.32. The van der Waals surface area contributed by atoms with Gasteiger partial charge in [-0.2, -0.15) is 0 Å². The molecule has 4 heteroatoms. The van der Waals surface area contributed by atoms with E-state index in [-0.39, 0.29) is 0 Å². The summed E-state index contributed by atoms with van der Waals surface area (Å²) in [4.78, 5) is 18.0. The number of carboxylic acids is 2. The predicted molar refractivity (Wildman–Crippen MR) is 42.5 cm³/mol. The lowest BCUT2D eigenvalue weighted by molar-refractivity contribution is -0.135. The first kappa shape index (κ1) is 16.3. The van der Waals surface area contributed by atoms with Crippen LogP contribution in [0.2, 0.25) is 0 Å². The Morgan fingerprint density at radius 3 is 1.18 bits per heavy atom. The van der Waals surface area contributed by atoms with Gasteiger partial charge in [-0.1, -0.05) is 6.08 Å². The molecule has 0 aliphatic carbocycles. The summed E-state index contributed by atoms with van der Waals surface area (Å²) in [6.45, 7) is 7.42. The maximum absolute atomic E-state index is 9.00. The van der Waals surface area contributed by atoms with E-state index >= 15 is 0 Å². The third-order valence-corrected chi connectivity index (χ3v) is 0. The molecule has 2 N–H and O–H groups in total. The summed E-state index contributed by atoms with van der Waals surface area (Å²) in [6.07, 6.45) is 1.75. The lowest BCUT2D eigenvalue weighted by Gasteiger charge is -1.59. The minimum absolute atomic E-state index is 0.833. The number of aliphatic carboxylic acids is 2. The van der Waals surface area contributed by atoms with E-state index in [1.165, 1.54) is 0 Å². The van der Waals surface area contributed by atoms with Gasteiger partial charge in [-0.25, -0.2) is 0 Å². The molecule has 0 atom stereocenters. The smallest absolute Gasteiger partial charge is 0.300 e. The lowest BCUT2D eigenvalue weighted by Crippen LogP contribution is -1.78. The standard InChI is InChI=1S/C3H6.2C2H4O2/c1-3-2;2*1-2(3)4/h3H,1H2,2H3;2*1H3,(H,3,4). The summed E-state index contributed by atoms with van der Waals surface area (Å²) in [5, 5.41) is 14.8. The van der Waals surface area contributed by atoms with Gasteiger partial charge >= 0.3 is 0 Å². The van der Waals surface area contributed by atoms with Crippen LogP contribution >= 0.6 is 0 Å². The van der Waals surface area contributed by atoms with Gasteiger partial charge in [0.15, 0.2) is 0 Å². The molecule has 0 heterocycles. The second kappa shape index (κ2) is 15.9. The largest absolute Gasteiger partial charge is 0.481 e. The van der Waals surface area contributed by atoms with Crippen LogP contribution in [0.15, 0.2) is 12.7 Å². The Kier molecular flexibility index (Phi) is 23.6. The van der Waals surface area contributed by atoms with E-state index in [2.05, 4.69) is 6.58 Å². The SMILES string of the molecule is C=CC.CC(=O)O.CC(=O)O. The third kappa shape index (κ3) is 222. The van der Waals surface area contributed by atoms with E-state index in [1.807, 2.05) is 6.92 Å². The maximum atomic E-state index is 9.00. The molecule has 0 radical (unpaired) electrons. The van der Waals surface area contributed by atoms with Gasteiger partial charge in [0.1, 0.15) is 0 Å². The molecular formula is C7H14O4. The number of rotatable bonds is 0. The molecule has 0 saturated carbocycles. The van der Waals surface area contributed by atoms with Gasteiger partial charge in [-0.05, 0) is 6.92 Å². The number of hydrogen-bond acceptors (Lipinski definition) is 2. The highest BCUT2D eigenvalue weighted by atomic mass is 16.4. The molecule has 0 aliphatic rings. The van der Waals surface area contributed by atoms with Gasteiger partial charge in [0.05, 0.1) is 0 Å². The molecule has 0 saturated heterocycles. The number of hydrogen-bond donors (Lipinski definition) is 2. The predicted octanol–water partition coefficient (Wildman–Crippen LogP) is 1.37. The topological polar surface area (TPSA) is 74.6 Å². The molecule has 0 amide bonds. The van der Waals surface area contributed by atoms with Gasteiger partial charge < -0.3 is 10.2 Å². The van der Waals surface area contributed by atoms with Crippen molar-refractivity contribution in [2.75, 3.05) is 0 Å².